The fourth-order valence-corrected chi connectivity index (χ4v) is 3.94. The van der Waals surface area contributed by atoms with Crippen molar-refractivity contribution >= 4 is 35.8 Å². The van der Waals surface area contributed by atoms with Crippen LogP contribution in [0.25, 0.3) is 0 Å². The Labute approximate surface area is 201 Å². The molecular formula is C22H35FIN5O2. The van der Waals surface area contributed by atoms with Gasteiger partial charge in [0.1, 0.15) is 5.82 Å². The lowest BCUT2D eigenvalue weighted by atomic mass is 10.0. The highest BCUT2D eigenvalue weighted by molar-refractivity contribution is 14.0. The number of aliphatic imine (C=N–C) groups is 1. The molecule has 0 spiro atoms. The number of likely N-dealkylation sites (tertiary alicyclic amines) is 1. The van der Waals surface area contributed by atoms with Crippen LogP contribution in [0.1, 0.15) is 37.8 Å². The van der Waals surface area contributed by atoms with Crippen LogP contribution >= 0.6 is 24.0 Å². The number of rotatable bonds is 8. The Balaban J connectivity index is 0.00000341. The Morgan fingerprint density at radius 2 is 1.81 bits per heavy atom. The molecule has 3 rings (SSSR count). The molecule has 0 saturated carbocycles. The van der Waals surface area contributed by atoms with Gasteiger partial charge in [0, 0.05) is 45.7 Å². The van der Waals surface area contributed by atoms with Gasteiger partial charge >= 0.3 is 0 Å². The molecule has 7 nitrogen and oxygen atoms in total. The van der Waals surface area contributed by atoms with Crippen LogP contribution in [0.3, 0.4) is 0 Å². The molecule has 2 heterocycles. The highest BCUT2D eigenvalue weighted by atomic mass is 127. The van der Waals surface area contributed by atoms with Gasteiger partial charge in [-0.15, -0.1) is 24.0 Å². The first-order valence-electron chi connectivity index (χ1n) is 11.0. The first kappa shape index (κ1) is 25.8. The highest BCUT2D eigenvalue weighted by Gasteiger charge is 2.23. The van der Waals surface area contributed by atoms with Gasteiger partial charge in [0.2, 0.25) is 5.91 Å². The Morgan fingerprint density at radius 3 is 2.45 bits per heavy atom. The summed E-state index contributed by atoms with van der Waals surface area (Å²) in [6.07, 6.45) is 2.68. The van der Waals surface area contributed by atoms with Gasteiger partial charge < -0.3 is 20.3 Å². The summed E-state index contributed by atoms with van der Waals surface area (Å²) < 4.78 is 18.9. The number of benzene rings is 1. The quantitative estimate of drug-likeness (QED) is 0.297. The first-order chi connectivity index (χ1) is 14.7. The number of hydrogen-bond acceptors (Lipinski definition) is 4. The van der Waals surface area contributed by atoms with Gasteiger partial charge in [-0.1, -0.05) is 12.1 Å². The minimum atomic E-state index is -0.236. The molecule has 0 bridgehead atoms. The third-order valence-electron chi connectivity index (χ3n) is 5.60. The number of nitrogens with one attached hydrogen (secondary N) is 2. The summed E-state index contributed by atoms with van der Waals surface area (Å²) in [5.74, 6) is 0.668. The van der Waals surface area contributed by atoms with Gasteiger partial charge in [-0.25, -0.2) is 4.39 Å². The van der Waals surface area contributed by atoms with E-state index in [1.807, 2.05) is 24.0 Å². The predicted octanol–water partition coefficient (Wildman–Crippen LogP) is 2.38. The van der Waals surface area contributed by atoms with E-state index in [2.05, 4.69) is 15.5 Å². The fourth-order valence-electron chi connectivity index (χ4n) is 3.94. The van der Waals surface area contributed by atoms with E-state index in [1.54, 1.807) is 0 Å². The first-order valence-corrected chi connectivity index (χ1v) is 11.0. The van der Waals surface area contributed by atoms with E-state index >= 15 is 0 Å². The van der Waals surface area contributed by atoms with E-state index in [4.69, 9.17) is 9.73 Å². The maximum atomic E-state index is 13.4. The molecule has 1 aromatic rings. The maximum Gasteiger partial charge on any atom is 0.224 e. The van der Waals surface area contributed by atoms with Crippen molar-refractivity contribution in [1.29, 1.82) is 0 Å². The summed E-state index contributed by atoms with van der Waals surface area (Å²) in [5, 5.41) is 6.54. The average Bonchev–Trinajstić information content (AvgIpc) is 3.31. The van der Waals surface area contributed by atoms with E-state index in [0.29, 0.717) is 38.7 Å². The van der Waals surface area contributed by atoms with E-state index in [0.717, 1.165) is 51.1 Å². The van der Waals surface area contributed by atoms with Crippen molar-refractivity contribution in [2.45, 2.75) is 32.2 Å². The zero-order valence-electron chi connectivity index (χ0n) is 18.3. The molecule has 2 N–H and O–H groups in total. The molecule has 1 aromatic carbocycles. The number of guanidine groups is 1. The fraction of sp³-hybridized carbons (Fsp3) is 0.636. The van der Waals surface area contributed by atoms with Crippen molar-refractivity contribution < 1.29 is 13.9 Å². The molecule has 0 radical (unpaired) electrons. The SMILES string of the molecule is CCNC(=NCC(c1ccc(F)cc1)N1CCOCC1)NCCC(=O)N1CCCC1.I. The van der Waals surface area contributed by atoms with Gasteiger partial charge in [-0.2, -0.15) is 0 Å². The van der Waals surface area contributed by atoms with Crippen molar-refractivity contribution in [2.75, 3.05) is 59.0 Å². The molecule has 0 aromatic heterocycles. The number of hydrogen-bond donors (Lipinski definition) is 2. The van der Waals surface area contributed by atoms with Gasteiger partial charge in [0.25, 0.3) is 0 Å². The molecule has 2 fully saturated rings. The lowest BCUT2D eigenvalue weighted by Gasteiger charge is -2.34. The number of ether oxygens (including phenoxy) is 1. The maximum absolute atomic E-state index is 13.4. The summed E-state index contributed by atoms with van der Waals surface area (Å²) in [7, 11) is 0. The van der Waals surface area contributed by atoms with Crippen molar-refractivity contribution in [3.8, 4) is 0 Å². The van der Waals surface area contributed by atoms with Gasteiger partial charge in [-0.3, -0.25) is 14.7 Å². The van der Waals surface area contributed by atoms with Gasteiger partial charge in [0.15, 0.2) is 5.96 Å². The standard InChI is InChI=1S/C22H34FN5O2.HI/c1-2-24-22(25-10-9-21(29)28-11-3-4-12-28)26-17-20(27-13-15-30-16-14-27)18-5-7-19(23)8-6-18;/h5-8,20H,2-4,9-17H2,1H3,(H2,24,25,26);1H. The third-order valence-corrected chi connectivity index (χ3v) is 5.60. The summed E-state index contributed by atoms with van der Waals surface area (Å²) in [6, 6.07) is 6.72. The topological polar surface area (TPSA) is 69.2 Å². The minimum absolute atomic E-state index is 0. The van der Waals surface area contributed by atoms with Crippen LogP contribution in [0.2, 0.25) is 0 Å². The zero-order chi connectivity index (χ0) is 21.2. The van der Waals surface area contributed by atoms with Crippen LogP contribution in [0.15, 0.2) is 29.3 Å². The second-order valence-corrected chi connectivity index (χ2v) is 7.70. The average molecular weight is 547 g/mol. The number of halogens is 2. The Hall–Kier alpha value is -1.46. The van der Waals surface area contributed by atoms with Gasteiger partial charge in [-0.05, 0) is 37.5 Å². The molecule has 2 aliphatic heterocycles. The number of morpholine rings is 1. The third kappa shape index (κ3) is 8.19. The lowest BCUT2D eigenvalue weighted by Crippen LogP contribution is -2.42. The Morgan fingerprint density at radius 1 is 1.13 bits per heavy atom. The molecule has 0 aliphatic carbocycles. The normalized spacial score (nSPS) is 18.4. The summed E-state index contributed by atoms with van der Waals surface area (Å²) >= 11 is 0. The second-order valence-electron chi connectivity index (χ2n) is 7.70. The van der Waals surface area contributed by atoms with Crippen molar-refractivity contribution in [1.82, 2.24) is 20.4 Å². The summed E-state index contributed by atoms with van der Waals surface area (Å²) in [5.41, 5.74) is 1.04. The van der Waals surface area contributed by atoms with Crippen LogP contribution in [0.5, 0.6) is 0 Å². The number of amides is 1. The molecule has 2 saturated heterocycles. The van der Waals surface area contributed by atoms with Crippen molar-refractivity contribution in [3.05, 3.63) is 35.6 Å². The second kappa shape index (κ2) is 13.8. The zero-order valence-corrected chi connectivity index (χ0v) is 20.6. The van der Waals surface area contributed by atoms with E-state index < -0.39 is 0 Å². The summed E-state index contributed by atoms with van der Waals surface area (Å²) in [4.78, 5) is 21.3. The summed E-state index contributed by atoms with van der Waals surface area (Å²) in [6.45, 7) is 8.66. The largest absolute Gasteiger partial charge is 0.379 e. The number of carbonyl (C=O) groups is 1. The molecule has 1 atom stereocenters. The van der Waals surface area contributed by atoms with Crippen molar-refractivity contribution in [2.24, 2.45) is 4.99 Å². The monoisotopic (exact) mass is 547 g/mol. The molecule has 1 amide bonds. The molecular weight excluding hydrogens is 512 g/mol. The lowest BCUT2D eigenvalue weighted by molar-refractivity contribution is -0.129. The number of carbonyl (C=O) groups excluding carboxylic acids is 1. The Bertz CT molecular complexity index is 692. The number of nitrogens with zero attached hydrogens (tertiary/aromatic N) is 3. The predicted molar refractivity (Wildman–Crippen MR) is 131 cm³/mol. The molecule has 1 unspecified atom stereocenters. The van der Waals surface area contributed by atoms with Crippen LogP contribution in [0.4, 0.5) is 4.39 Å². The smallest absolute Gasteiger partial charge is 0.224 e. The molecule has 31 heavy (non-hydrogen) atoms. The van der Waals surface area contributed by atoms with E-state index in [-0.39, 0.29) is 41.7 Å². The highest BCUT2D eigenvalue weighted by Crippen LogP contribution is 2.22. The Kier molecular flexibility index (Phi) is 11.5. The van der Waals surface area contributed by atoms with E-state index in [1.165, 1.54) is 12.1 Å². The molecule has 174 valence electrons. The van der Waals surface area contributed by atoms with Crippen molar-refractivity contribution in [3.63, 3.8) is 0 Å². The minimum Gasteiger partial charge on any atom is -0.379 e. The van der Waals surface area contributed by atoms with Crippen LogP contribution < -0.4 is 10.6 Å². The molecule has 2 aliphatic rings. The van der Waals surface area contributed by atoms with Crippen LogP contribution in [-0.4, -0.2) is 80.7 Å². The van der Waals surface area contributed by atoms with Crippen LogP contribution in [0, 0.1) is 5.82 Å². The van der Waals surface area contributed by atoms with Gasteiger partial charge in [0.05, 0.1) is 25.8 Å². The molecule has 9 heteroatoms. The van der Waals surface area contributed by atoms with Crippen LogP contribution in [-0.2, 0) is 9.53 Å². The van der Waals surface area contributed by atoms with E-state index in [9.17, 15) is 9.18 Å².